The Morgan fingerprint density at radius 2 is 1.84 bits per heavy atom. The second-order valence-corrected chi connectivity index (χ2v) is 23.3. The number of pyridine rings is 1. The first-order valence-corrected chi connectivity index (χ1v) is 22.8. The van der Waals surface area contributed by atoms with Crippen molar-refractivity contribution in [3.05, 3.63) is 52.0 Å². The molecule has 2 saturated heterocycles. The molecule has 5 heterocycles. The third kappa shape index (κ3) is 6.59. The van der Waals surface area contributed by atoms with Gasteiger partial charge in [-0.1, -0.05) is 53.5 Å². The fraction of sp³-hybridized carbons (Fsp3) is 0.591. The molecule has 1 N–H and O–H groups in total. The Hall–Kier alpha value is -3.83. The number of fused-ring (bicyclic) bond motifs is 2. The zero-order valence-electron chi connectivity index (χ0n) is 35.5. The van der Waals surface area contributed by atoms with Gasteiger partial charge in [-0.05, 0) is 78.9 Å². The van der Waals surface area contributed by atoms with Gasteiger partial charge in [0.05, 0.1) is 17.7 Å². The lowest BCUT2D eigenvalue weighted by atomic mass is 9.76. The van der Waals surface area contributed by atoms with E-state index in [9.17, 15) is 5.80 Å². The molecule has 8 rings (SSSR count). The number of halogens is 3. The second-order valence-electron chi connectivity index (χ2n) is 17.7. The SMILES string of the molecule is [2H]N1C2=c3c(nc(-c4cc(OCOC)cc5ccc(F)c(C#C[Si](C(C)C)(C(C)C)C(C)C)c45)c(F)c3=NC1OC[C@@]13CCCN1C[C@H](F)C3)OCC1(CCC1)N2C. The lowest BCUT2D eigenvalue weighted by Gasteiger charge is -2.49. The highest BCUT2D eigenvalue weighted by Gasteiger charge is 2.50. The van der Waals surface area contributed by atoms with E-state index >= 15 is 8.78 Å². The molecule has 3 aromatic rings. The van der Waals surface area contributed by atoms with Crippen molar-refractivity contribution in [1.29, 1.82) is 0 Å². The topological polar surface area (TPSA) is 80.7 Å². The van der Waals surface area contributed by atoms with Crippen LogP contribution in [0.2, 0.25) is 18.0 Å². The summed E-state index contributed by atoms with van der Waals surface area (Å²) in [6.45, 7) is 14.7. The number of hydrogen-bond acceptors (Lipinski definition) is 9. The van der Waals surface area contributed by atoms with Crippen molar-refractivity contribution in [3.63, 3.8) is 0 Å². The van der Waals surface area contributed by atoms with Gasteiger partial charge in [0.15, 0.2) is 14.0 Å². The van der Waals surface area contributed by atoms with E-state index in [2.05, 4.69) is 57.9 Å². The van der Waals surface area contributed by atoms with Crippen molar-refractivity contribution in [2.75, 3.05) is 47.3 Å². The molecule has 306 valence electrons. The van der Waals surface area contributed by atoms with Gasteiger partial charge in [-0.3, -0.25) is 4.90 Å². The van der Waals surface area contributed by atoms with E-state index in [0.717, 1.165) is 38.6 Å². The van der Waals surface area contributed by atoms with Crippen molar-refractivity contribution < 1.29 is 33.5 Å². The third-order valence-electron chi connectivity index (χ3n) is 13.7. The predicted octanol–water partition coefficient (Wildman–Crippen LogP) is 7.14. The molecule has 57 heavy (non-hydrogen) atoms. The Morgan fingerprint density at radius 1 is 1.09 bits per heavy atom. The Balaban J connectivity index is 1.36. The molecule has 0 radical (unpaired) electrons. The Kier molecular flexibility index (Phi) is 10.2. The molecule has 1 aliphatic carbocycles. The monoisotopic (exact) mass is 804 g/mol. The normalized spacial score (nSPS) is 24.2. The minimum atomic E-state index is -2.32. The first kappa shape index (κ1) is 38.7. The fourth-order valence-corrected chi connectivity index (χ4v) is 15.8. The van der Waals surface area contributed by atoms with Gasteiger partial charge in [-0.2, -0.15) is 0 Å². The first-order valence-electron chi connectivity index (χ1n) is 21.0. The molecule has 2 aromatic carbocycles. The van der Waals surface area contributed by atoms with Gasteiger partial charge in [0.25, 0.3) is 0 Å². The number of alkyl halides is 1. The highest BCUT2D eigenvalue weighted by atomic mass is 28.3. The fourth-order valence-electron chi connectivity index (χ4n) is 10.6. The summed E-state index contributed by atoms with van der Waals surface area (Å²) in [7, 11) is 1.09. The predicted molar refractivity (Wildman–Crippen MR) is 217 cm³/mol. The molecule has 0 amide bonds. The molecule has 1 spiro atoms. The van der Waals surface area contributed by atoms with Crippen LogP contribution in [0.25, 0.3) is 27.9 Å². The minimum absolute atomic E-state index is 0.0615. The Morgan fingerprint density at radius 3 is 2.53 bits per heavy atom. The number of ether oxygens (including phenoxy) is 4. The molecule has 1 saturated carbocycles. The van der Waals surface area contributed by atoms with Crippen LogP contribution in [0.1, 0.15) is 85.6 Å². The minimum Gasteiger partial charge on any atom is -0.475 e. The molecular weight excluding hydrogens is 748 g/mol. The van der Waals surface area contributed by atoms with E-state index in [1.54, 1.807) is 18.2 Å². The van der Waals surface area contributed by atoms with Gasteiger partial charge in [0.1, 0.15) is 54.5 Å². The van der Waals surface area contributed by atoms with Crippen LogP contribution in [0.5, 0.6) is 11.6 Å². The van der Waals surface area contributed by atoms with Gasteiger partial charge in [-0.25, -0.2) is 23.1 Å². The Labute approximate surface area is 336 Å². The number of nitrogens with one attached hydrogen (secondary N) is 1. The maximum atomic E-state index is 17.8. The van der Waals surface area contributed by atoms with E-state index in [0.29, 0.717) is 51.9 Å². The van der Waals surface area contributed by atoms with E-state index in [1.807, 2.05) is 11.9 Å². The molecule has 9 nitrogen and oxygen atoms in total. The summed E-state index contributed by atoms with van der Waals surface area (Å²) in [5.41, 5.74) is 3.97. The quantitative estimate of drug-likeness (QED) is 0.132. The van der Waals surface area contributed by atoms with Gasteiger partial charge < -0.3 is 29.2 Å². The lowest BCUT2D eigenvalue weighted by molar-refractivity contribution is -0.0256. The van der Waals surface area contributed by atoms with Crippen LogP contribution >= 0.6 is 0 Å². The number of benzene rings is 2. The highest BCUT2D eigenvalue weighted by molar-refractivity contribution is 6.90. The zero-order chi connectivity index (χ0) is 41.3. The van der Waals surface area contributed by atoms with Crippen molar-refractivity contribution in [2.45, 2.75) is 120 Å². The number of aromatic nitrogens is 1. The maximum Gasteiger partial charge on any atom is 0.227 e. The average molecular weight is 805 g/mol. The molecule has 1 unspecified atom stereocenters. The summed E-state index contributed by atoms with van der Waals surface area (Å²) >= 11 is 0. The first-order chi connectivity index (χ1) is 27.7. The van der Waals surface area contributed by atoms with Crippen LogP contribution < -0.4 is 25.4 Å². The maximum absolute atomic E-state index is 17.8. The molecule has 13 heteroatoms. The number of hydrogen-bond donors (Lipinski definition) is 1. The van der Waals surface area contributed by atoms with E-state index in [-0.39, 0.29) is 53.3 Å². The van der Waals surface area contributed by atoms with E-state index < -0.39 is 43.3 Å². The lowest BCUT2D eigenvalue weighted by Crippen LogP contribution is -2.59. The summed E-state index contributed by atoms with van der Waals surface area (Å²) in [6, 6.07) is 6.45. The van der Waals surface area contributed by atoms with Crippen LogP contribution in [0.4, 0.5) is 13.2 Å². The summed E-state index contributed by atoms with van der Waals surface area (Å²) in [5, 5.41) is 2.37. The Bertz CT molecular complexity index is 2280. The summed E-state index contributed by atoms with van der Waals surface area (Å²) in [4.78, 5) is 13.8. The van der Waals surface area contributed by atoms with Crippen molar-refractivity contribution in [3.8, 4) is 34.4 Å². The smallest absolute Gasteiger partial charge is 0.227 e. The highest BCUT2D eigenvalue weighted by Crippen LogP contribution is 2.44. The number of methoxy groups -OCH3 is 1. The standard InChI is InChI=1S/C44H56F3N5O4Si/c1-26(2)57(27(3)4,28(5)6)18-13-32-34(46)12-11-29-19-31(56-25-53-8)20-33(35(29)32)38-37(47)39-36-40(51(7)43(14-9-15-43)23-54-41(36)48-38)50-42(49-39)55-24-44-16-10-17-52(44)22-30(45)21-44/h11-12,19-20,26-28,30,42,50H,9-10,14-17,21-25H2,1-8H3/t30-,42?,44+/m1/s1/i/hD. The van der Waals surface area contributed by atoms with Gasteiger partial charge in [0, 0.05) is 43.6 Å². The zero-order valence-corrected chi connectivity index (χ0v) is 35.5. The van der Waals surface area contributed by atoms with Crippen molar-refractivity contribution in [1.82, 2.24) is 20.1 Å². The number of rotatable bonds is 10. The van der Waals surface area contributed by atoms with Crippen molar-refractivity contribution in [2.24, 2.45) is 4.99 Å². The molecule has 1 aromatic heterocycles. The van der Waals surface area contributed by atoms with Crippen LogP contribution in [0.3, 0.4) is 0 Å². The molecular formula is C44H56F3N5O4Si. The van der Waals surface area contributed by atoms with Crippen LogP contribution in [0, 0.1) is 23.1 Å². The van der Waals surface area contributed by atoms with Gasteiger partial charge >= 0.3 is 0 Å². The van der Waals surface area contributed by atoms with E-state index in [4.69, 9.17) is 28.9 Å². The third-order valence-corrected chi connectivity index (χ3v) is 20.0. The van der Waals surface area contributed by atoms with Crippen LogP contribution in [-0.2, 0) is 9.47 Å². The number of nitrogens with zero attached hydrogens (tertiary/aromatic N) is 4. The van der Waals surface area contributed by atoms with Gasteiger partial charge in [-0.15, -0.1) is 5.54 Å². The van der Waals surface area contributed by atoms with E-state index in [1.165, 1.54) is 18.5 Å². The average Bonchev–Trinajstić information content (AvgIpc) is 3.64. The van der Waals surface area contributed by atoms with Crippen molar-refractivity contribution >= 4 is 24.7 Å². The largest absolute Gasteiger partial charge is 0.475 e. The summed E-state index contributed by atoms with van der Waals surface area (Å²) < 4.78 is 82.5. The van der Waals surface area contributed by atoms with Crippen LogP contribution in [0.15, 0.2) is 29.3 Å². The molecule has 3 fully saturated rings. The molecule has 4 aliphatic heterocycles. The van der Waals surface area contributed by atoms with Gasteiger partial charge in [0.2, 0.25) is 12.2 Å². The summed E-state index contributed by atoms with van der Waals surface area (Å²) in [6.07, 6.45) is 2.48. The molecule has 0 bridgehead atoms. The molecule has 3 atom stereocenters. The van der Waals surface area contributed by atoms with Crippen LogP contribution in [-0.4, -0.2) is 93.7 Å². The second kappa shape index (κ2) is 15.1. The summed E-state index contributed by atoms with van der Waals surface area (Å²) in [5.74, 6) is 2.92. The number of likely N-dealkylation sites (N-methyl/N-ethyl adjacent to an activating group) is 1. The molecule has 5 aliphatic rings.